The maximum Gasteiger partial charge on any atom is 0.256 e. The van der Waals surface area contributed by atoms with Crippen LogP contribution in [0.15, 0.2) is 30.3 Å². The molecule has 4 nitrogen and oxygen atoms in total. The summed E-state index contributed by atoms with van der Waals surface area (Å²) in [6.07, 6.45) is 5.73. The highest BCUT2D eigenvalue weighted by Crippen LogP contribution is 2.30. The summed E-state index contributed by atoms with van der Waals surface area (Å²) in [7, 11) is 0. The average molecular weight is 432 g/mol. The Morgan fingerprint density at radius 1 is 1.06 bits per heavy atom. The summed E-state index contributed by atoms with van der Waals surface area (Å²) < 4.78 is 42.9. The van der Waals surface area contributed by atoms with E-state index in [1.165, 1.54) is 43.9 Å². The molecule has 4 rings (SSSR count). The van der Waals surface area contributed by atoms with E-state index in [0.29, 0.717) is 25.4 Å². The summed E-state index contributed by atoms with van der Waals surface area (Å²) in [4.78, 5) is 14.6. The second kappa shape index (κ2) is 9.30. The molecule has 166 valence electrons. The van der Waals surface area contributed by atoms with Crippen LogP contribution in [0.1, 0.15) is 48.5 Å². The SMILES string of the molecule is CCc1ccc(Nc2c(C(=O)N3CC(NCC4CCCC4)C3)ccc(F)c2F)c(F)c1. The van der Waals surface area contributed by atoms with E-state index in [4.69, 9.17) is 0 Å². The lowest BCUT2D eigenvalue weighted by Crippen LogP contribution is -2.60. The Hall–Kier alpha value is -2.54. The molecule has 0 unspecified atom stereocenters. The number of carbonyl (C=O) groups is 1. The maximum atomic E-state index is 14.6. The van der Waals surface area contributed by atoms with Crippen LogP contribution in [0.2, 0.25) is 0 Å². The number of aryl methyl sites for hydroxylation is 1. The fraction of sp³-hybridized carbons (Fsp3) is 0.458. The number of benzene rings is 2. The Kier molecular flexibility index (Phi) is 6.51. The number of nitrogens with zero attached hydrogens (tertiary/aromatic N) is 1. The first-order chi connectivity index (χ1) is 15.0. The molecule has 0 atom stereocenters. The Morgan fingerprint density at radius 3 is 2.48 bits per heavy atom. The number of amides is 1. The molecule has 2 aliphatic rings. The molecule has 1 amide bonds. The van der Waals surface area contributed by atoms with Crippen molar-refractivity contribution in [3.8, 4) is 0 Å². The minimum absolute atomic E-state index is 0.00420. The van der Waals surface area contributed by atoms with Crippen molar-refractivity contribution >= 4 is 17.3 Å². The molecule has 0 spiro atoms. The van der Waals surface area contributed by atoms with Gasteiger partial charge in [-0.05, 0) is 61.6 Å². The Morgan fingerprint density at radius 2 is 1.81 bits per heavy atom. The normalized spacial score (nSPS) is 17.1. The lowest BCUT2D eigenvalue weighted by molar-refractivity contribution is 0.0563. The maximum absolute atomic E-state index is 14.6. The Labute approximate surface area is 180 Å². The molecule has 1 aliphatic heterocycles. The van der Waals surface area contributed by atoms with Gasteiger partial charge in [0.15, 0.2) is 11.6 Å². The molecule has 2 aromatic carbocycles. The third-order valence-electron chi connectivity index (χ3n) is 6.37. The van der Waals surface area contributed by atoms with Gasteiger partial charge in [-0.2, -0.15) is 0 Å². The van der Waals surface area contributed by atoms with Gasteiger partial charge in [-0.25, -0.2) is 13.2 Å². The average Bonchev–Trinajstić information content (AvgIpc) is 3.25. The number of hydrogen-bond acceptors (Lipinski definition) is 3. The van der Waals surface area contributed by atoms with E-state index in [2.05, 4.69) is 10.6 Å². The highest BCUT2D eigenvalue weighted by atomic mass is 19.2. The molecule has 1 aliphatic carbocycles. The zero-order chi connectivity index (χ0) is 22.0. The van der Waals surface area contributed by atoms with Gasteiger partial charge in [0.2, 0.25) is 0 Å². The van der Waals surface area contributed by atoms with Crippen LogP contribution in [0.25, 0.3) is 0 Å². The highest BCUT2D eigenvalue weighted by Gasteiger charge is 2.33. The summed E-state index contributed by atoms with van der Waals surface area (Å²) in [5.41, 5.74) is 0.439. The molecule has 1 saturated carbocycles. The minimum atomic E-state index is -1.19. The van der Waals surface area contributed by atoms with Gasteiger partial charge < -0.3 is 15.5 Å². The quantitative estimate of drug-likeness (QED) is 0.648. The van der Waals surface area contributed by atoms with Crippen molar-refractivity contribution < 1.29 is 18.0 Å². The van der Waals surface area contributed by atoms with Crippen LogP contribution in [-0.4, -0.2) is 36.5 Å². The zero-order valence-electron chi connectivity index (χ0n) is 17.7. The topological polar surface area (TPSA) is 44.4 Å². The van der Waals surface area contributed by atoms with Crippen LogP contribution in [0.3, 0.4) is 0 Å². The van der Waals surface area contributed by atoms with Crippen molar-refractivity contribution in [2.24, 2.45) is 5.92 Å². The second-order valence-electron chi connectivity index (χ2n) is 8.54. The number of carbonyl (C=O) groups excluding carboxylic acids is 1. The molecule has 2 fully saturated rings. The minimum Gasteiger partial charge on any atom is -0.350 e. The molecule has 1 saturated heterocycles. The zero-order valence-corrected chi connectivity index (χ0v) is 17.7. The molecule has 31 heavy (non-hydrogen) atoms. The van der Waals surface area contributed by atoms with Crippen molar-refractivity contribution in [3.63, 3.8) is 0 Å². The Bertz CT molecular complexity index is 953. The lowest BCUT2D eigenvalue weighted by atomic mass is 10.0. The van der Waals surface area contributed by atoms with Crippen LogP contribution >= 0.6 is 0 Å². The van der Waals surface area contributed by atoms with Crippen LogP contribution < -0.4 is 10.6 Å². The van der Waals surface area contributed by atoms with Crippen molar-refractivity contribution in [2.75, 3.05) is 25.0 Å². The molecule has 0 bridgehead atoms. The van der Waals surface area contributed by atoms with Gasteiger partial charge in [0.05, 0.1) is 16.9 Å². The number of hydrogen-bond donors (Lipinski definition) is 2. The number of halogens is 3. The standard InChI is InChI=1S/C24H28F3N3O/c1-2-15-7-10-21(20(26)11-15)29-23-18(8-9-19(25)22(23)27)24(31)30-13-17(14-30)28-12-16-5-3-4-6-16/h7-11,16-17,28-29H,2-6,12-14H2,1H3. The van der Waals surface area contributed by atoms with Gasteiger partial charge in [0.25, 0.3) is 5.91 Å². The fourth-order valence-corrected chi connectivity index (χ4v) is 4.36. The first kappa shape index (κ1) is 21.7. The van der Waals surface area contributed by atoms with Crippen molar-refractivity contribution in [3.05, 3.63) is 58.9 Å². The molecular formula is C24H28F3N3O. The predicted octanol–water partition coefficient (Wildman–Crippen LogP) is 5.01. The third-order valence-corrected chi connectivity index (χ3v) is 6.37. The van der Waals surface area contributed by atoms with E-state index in [1.807, 2.05) is 6.92 Å². The lowest BCUT2D eigenvalue weighted by Gasteiger charge is -2.40. The van der Waals surface area contributed by atoms with Gasteiger partial charge in [0, 0.05) is 19.1 Å². The van der Waals surface area contributed by atoms with Crippen LogP contribution in [0.4, 0.5) is 24.5 Å². The van der Waals surface area contributed by atoms with Gasteiger partial charge >= 0.3 is 0 Å². The number of nitrogens with one attached hydrogen (secondary N) is 2. The Balaban J connectivity index is 1.46. The van der Waals surface area contributed by atoms with Gasteiger partial charge in [0.1, 0.15) is 5.82 Å². The van der Waals surface area contributed by atoms with Crippen LogP contribution in [0.5, 0.6) is 0 Å². The van der Waals surface area contributed by atoms with E-state index >= 15 is 0 Å². The molecule has 1 heterocycles. The molecule has 7 heteroatoms. The second-order valence-corrected chi connectivity index (χ2v) is 8.54. The first-order valence-corrected chi connectivity index (χ1v) is 11.0. The molecular weight excluding hydrogens is 403 g/mol. The molecule has 2 aromatic rings. The summed E-state index contributed by atoms with van der Waals surface area (Å²) >= 11 is 0. The summed E-state index contributed by atoms with van der Waals surface area (Å²) in [5, 5.41) is 6.10. The van der Waals surface area contributed by atoms with Crippen LogP contribution in [-0.2, 0) is 6.42 Å². The van der Waals surface area contributed by atoms with E-state index in [9.17, 15) is 18.0 Å². The van der Waals surface area contributed by atoms with Gasteiger partial charge in [-0.15, -0.1) is 0 Å². The predicted molar refractivity (Wildman–Crippen MR) is 115 cm³/mol. The third kappa shape index (κ3) is 4.71. The largest absolute Gasteiger partial charge is 0.350 e. The molecule has 0 radical (unpaired) electrons. The van der Waals surface area contributed by atoms with E-state index in [1.54, 1.807) is 11.0 Å². The summed E-state index contributed by atoms with van der Waals surface area (Å²) in [5.74, 6) is -2.56. The van der Waals surface area contributed by atoms with Crippen LogP contribution in [0, 0.1) is 23.4 Å². The fourth-order valence-electron chi connectivity index (χ4n) is 4.36. The van der Waals surface area contributed by atoms with Crippen molar-refractivity contribution in [1.82, 2.24) is 10.2 Å². The van der Waals surface area contributed by atoms with Gasteiger partial charge in [-0.3, -0.25) is 4.79 Å². The van der Waals surface area contributed by atoms with E-state index in [0.717, 1.165) is 18.2 Å². The molecule has 2 N–H and O–H groups in total. The van der Waals surface area contributed by atoms with E-state index in [-0.39, 0.29) is 23.0 Å². The number of anilines is 2. The number of rotatable bonds is 7. The first-order valence-electron chi connectivity index (χ1n) is 11.0. The monoisotopic (exact) mass is 431 g/mol. The van der Waals surface area contributed by atoms with E-state index < -0.39 is 23.4 Å². The van der Waals surface area contributed by atoms with Crippen molar-refractivity contribution in [2.45, 2.75) is 45.1 Å². The summed E-state index contributed by atoms with van der Waals surface area (Å²) in [6.45, 7) is 3.89. The summed E-state index contributed by atoms with van der Waals surface area (Å²) in [6, 6.07) is 6.92. The van der Waals surface area contributed by atoms with Gasteiger partial charge in [-0.1, -0.05) is 25.8 Å². The highest BCUT2D eigenvalue weighted by molar-refractivity contribution is 6.01. The number of likely N-dealkylation sites (tertiary alicyclic amines) is 1. The van der Waals surface area contributed by atoms with Crippen molar-refractivity contribution in [1.29, 1.82) is 0 Å². The smallest absolute Gasteiger partial charge is 0.256 e. The molecule has 0 aromatic heterocycles.